The number of hydrogen-bond donors (Lipinski definition) is 2. The average molecular weight is 226 g/mol. The summed E-state index contributed by atoms with van der Waals surface area (Å²) < 4.78 is 0. The molecular formula is C15H14O2. The Morgan fingerprint density at radius 2 is 1.65 bits per heavy atom. The zero-order valence-corrected chi connectivity index (χ0v) is 9.59. The number of phenols is 2. The monoisotopic (exact) mass is 226 g/mol. The molecule has 2 aromatic carbocycles. The molecule has 2 N–H and O–H groups in total. The molecule has 0 aromatic heterocycles. The first kappa shape index (κ1) is 11.3. The summed E-state index contributed by atoms with van der Waals surface area (Å²) in [6.07, 6.45) is 1.97. The number of aromatic hydroxyl groups is 2. The first-order chi connectivity index (χ1) is 8.16. The highest BCUT2D eigenvalue weighted by Crippen LogP contribution is 2.27. The molecule has 0 saturated carbocycles. The van der Waals surface area contributed by atoms with E-state index in [2.05, 4.69) is 0 Å². The normalized spacial score (nSPS) is 11.5. The lowest BCUT2D eigenvalue weighted by atomic mass is 10.0. The van der Waals surface area contributed by atoms with Crippen LogP contribution in [0.25, 0.3) is 11.6 Å². The quantitative estimate of drug-likeness (QED) is 0.606. The summed E-state index contributed by atoms with van der Waals surface area (Å²) in [6, 6.07) is 14.8. The third-order valence-electron chi connectivity index (χ3n) is 2.61. The molecule has 2 rings (SSSR count). The second kappa shape index (κ2) is 4.74. The Morgan fingerprint density at radius 1 is 0.941 bits per heavy atom. The van der Waals surface area contributed by atoms with E-state index in [-0.39, 0.29) is 11.5 Å². The van der Waals surface area contributed by atoms with Crippen LogP contribution in [0.15, 0.2) is 48.5 Å². The summed E-state index contributed by atoms with van der Waals surface area (Å²) >= 11 is 0. The second-order valence-corrected chi connectivity index (χ2v) is 3.94. The first-order valence-electron chi connectivity index (χ1n) is 5.42. The summed E-state index contributed by atoms with van der Waals surface area (Å²) in [5, 5.41) is 18.6. The Morgan fingerprint density at radius 3 is 2.29 bits per heavy atom. The van der Waals surface area contributed by atoms with E-state index in [1.165, 1.54) is 6.07 Å². The van der Waals surface area contributed by atoms with Gasteiger partial charge in [0.25, 0.3) is 0 Å². The number of phenolic OH excluding ortho intramolecular Hbond substituents is 2. The number of benzene rings is 2. The van der Waals surface area contributed by atoms with Crippen LogP contribution in [0.4, 0.5) is 0 Å². The van der Waals surface area contributed by atoms with Crippen molar-refractivity contribution in [3.63, 3.8) is 0 Å². The standard InChI is InChI=1S/C15H14O2/c1-11(13-5-3-2-4-6-13)9-12-7-8-14(16)15(17)10-12/h2-10,16-17H,1H3. The molecule has 0 aliphatic rings. The highest BCUT2D eigenvalue weighted by molar-refractivity contribution is 5.80. The van der Waals surface area contributed by atoms with E-state index in [0.29, 0.717) is 0 Å². The van der Waals surface area contributed by atoms with Gasteiger partial charge in [-0.05, 0) is 35.8 Å². The molecule has 0 unspecified atom stereocenters. The predicted octanol–water partition coefficient (Wildman–Crippen LogP) is 3.66. The van der Waals surface area contributed by atoms with E-state index in [1.54, 1.807) is 12.1 Å². The maximum Gasteiger partial charge on any atom is 0.157 e. The molecule has 0 heterocycles. The van der Waals surface area contributed by atoms with E-state index in [4.69, 9.17) is 0 Å². The van der Waals surface area contributed by atoms with Crippen LogP contribution in [0.1, 0.15) is 18.1 Å². The van der Waals surface area contributed by atoms with Crippen LogP contribution in [0.2, 0.25) is 0 Å². The SMILES string of the molecule is CC(=Cc1ccc(O)c(O)c1)c1ccccc1. The van der Waals surface area contributed by atoms with Crippen molar-refractivity contribution in [3.8, 4) is 11.5 Å². The van der Waals surface area contributed by atoms with Crippen molar-refractivity contribution in [2.45, 2.75) is 6.92 Å². The molecule has 0 amide bonds. The molecule has 2 heteroatoms. The van der Waals surface area contributed by atoms with Crippen LogP contribution in [0, 0.1) is 0 Å². The molecule has 0 bridgehead atoms. The topological polar surface area (TPSA) is 40.5 Å². The van der Waals surface area contributed by atoms with Crippen molar-refractivity contribution >= 4 is 11.6 Å². The number of allylic oxidation sites excluding steroid dienone is 1. The maximum absolute atomic E-state index is 9.40. The lowest BCUT2D eigenvalue weighted by Crippen LogP contribution is -1.79. The van der Waals surface area contributed by atoms with Crippen molar-refractivity contribution in [1.29, 1.82) is 0 Å². The minimum Gasteiger partial charge on any atom is -0.504 e. The van der Waals surface area contributed by atoms with Gasteiger partial charge in [-0.2, -0.15) is 0 Å². The van der Waals surface area contributed by atoms with Gasteiger partial charge in [0.1, 0.15) is 0 Å². The Hall–Kier alpha value is -2.22. The molecule has 0 saturated heterocycles. The molecule has 17 heavy (non-hydrogen) atoms. The fraction of sp³-hybridized carbons (Fsp3) is 0.0667. The minimum atomic E-state index is -0.0977. The van der Waals surface area contributed by atoms with Crippen molar-refractivity contribution in [2.24, 2.45) is 0 Å². The Balaban J connectivity index is 2.33. The van der Waals surface area contributed by atoms with Gasteiger partial charge < -0.3 is 10.2 Å². The molecular weight excluding hydrogens is 212 g/mol. The Kier molecular flexibility index (Phi) is 3.15. The molecule has 0 aliphatic heterocycles. The van der Waals surface area contributed by atoms with Gasteiger partial charge in [-0.25, -0.2) is 0 Å². The van der Waals surface area contributed by atoms with Gasteiger partial charge in [0.2, 0.25) is 0 Å². The largest absolute Gasteiger partial charge is 0.504 e. The van der Waals surface area contributed by atoms with Crippen LogP contribution >= 0.6 is 0 Å². The van der Waals surface area contributed by atoms with Gasteiger partial charge >= 0.3 is 0 Å². The lowest BCUT2D eigenvalue weighted by Gasteiger charge is -2.03. The molecule has 0 radical (unpaired) electrons. The summed E-state index contributed by atoms with van der Waals surface area (Å²) in [5.41, 5.74) is 3.11. The maximum atomic E-state index is 9.40. The van der Waals surface area contributed by atoms with Gasteiger partial charge in [0, 0.05) is 0 Å². The second-order valence-electron chi connectivity index (χ2n) is 3.94. The van der Waals surface area contributed by atoms with Crippen LogP contribution < -0.4 is 0 Å². The third-order valence-corrected chi connectivity index (χ3v) is 2.61. The van der Waals surface area contributed by atoms with Gasteiger partial charge in [-0.1, -0.05) is 42.5 Å². The van der Waals surface area contributed by atoms with Crippen molar-refractivity contribution in [1.82, 2.24) is 0 Å². The third kappa shape index (κ3) is 2.67. The van der Waals surface area contributed by atoms with Crippen LogP contribution in [0.3, 0.4) is 0 Å². The molecule has 2 aromatic rings. The molecule has 2 nitrogen and oxygen atoms in total. The number of rotatable bonds is 2. The molecule has 0 fully saturated rings. The highest BCUT2D eigenvalue weighted by atomic mass is 16.3. The van der Waals surface area contributed by atoms with Gasteiger partial charge in [-0.3, -0.25) is 0 Å². The summed E-state index contributed by atoms with van der Waals surface area (Å²) in [5.74, 6) is -0.195. The molecule has 0 aliphatic carbocycles. The predicted molar refractivity (Wildman–Crippen MR) is 69.8 cm³/mol. The van der Waals surface area contributed by atoms with Crippen molar-refractivity contribution in [2.75, 3.05) is 0 Å². The van der Waals surface area contributed by atoms with Crippen molar-refractivity contribution < 1.29 is 10.2 Å². The van der Waals surface area contributed by atoms with E-state index in [0.717, 1.165) is 16.7 Å². The lowest BCUT2D eigenvalue weighted by molar-refractivity contribution is 0.403. The van der Waals surface area contributed by atoms with E-state index in [1.807, 2.05) is 43.3 Å². The highest BCUT2D eigenvalue weighted by Gasteiger charge is 2.00. The van der Waals surface area contributed by atoms with Crippen LogP contribution in [-0.2, 0) is 0 Å². The van der Waals surface area contributed by atoms with Gasteiger partial charge in [0.15, 0.2) is 11.5 Å². The van der Waals surface area contributed by atoms with Gasteiger partial charge in [0.05, 0.1) is 0 Å². The fourth-order valence-corrected chi connectivity index (χ4v) is 1.66. The zero-order chi connectivity index (χ0) is 12.3. The fourth-order valence-electron chi connectivity index (χ4n) is 1.66. The first-order valence-corrected chi connectivity index (χ1v) is 5.42. The summed E-state index contributed by atoms with van der Waals surface area (Å²) in [4.78, 5) is 0. The van der Waals surface area contributed by atoms with Gasteiger partial charge in [-0.15, -0.1) is 0 Å². The molecule has 86 valence electrons. The smallest absolute Gasteiger partial charge is 0.157 e. The average Bonchev–Trinajstić information content (AvgIpc) is 2.35. The zero-order valence-electron chi connectivity index (χ0n) is 9.59. The summed E-state index contributed by atoms with van der Waals surface area (Å²) in [7, 11) is 0. The van der Waals surface area contributed by atoms with E-state index < -0.39 is 0 Å². The van der Waals surface area contributed by atoms with Crippen molar-refractivity contribution in [3.05, 3.63) is 59.7 Å². The summed E-state index contributed by atoms with van der Waals surface area (Å²) in [6.45, 7) is 2.01. The molecule has 0 atom stereocenters. The Bertz CT molecular complexity index is 542. The van der Waals surface area contributed by atoms with Crippen LogP contribution in [0.5, 0.6) is 11.5 Å². The number of hydrogen-bond acceptors (Lipinski definition) is 2. The van der Waals surface area contributed by atoms with E-state index in [9.17, 15) is 10.2 Å². The van der Waals surface area contributed by atoms with E-state index >= 15 is 0 Å². The minimum absolute atomic E-state index is 0.0976. The van der Waals surface area contributed by atoms with Crippen LogP contribution in [-0.4, -0.2) is 10.2 Å². The Labute approximate surface area is 100 Å². The molecule has 0 spiro atoms.